The SMILES string of the molecule is COc1ccc(CCNC(=O)Nc2cc(C)ccc2OC)cc1. The fraction of sp³-hybridized carbons (Fsp3) is 0.278. The number of hydrogen-bond acceptors (Lipinski definition) is 3. The minimum absolute atomic E-state index is 0.248. The van der Waals surface area contributed by atoms with Crippen molar-refractivity contribution in [1.82, 2.24) is 5.32 Å². The molecule has 5 heteroatoms. The lowest BCUT2D eigenvalue weighted by atomic mass is 10.1. The molecule has 2 aromatic rings. The van der Waals surface area contributed by atoms with Gasteiger partial charge in [-0.2, -0.15) is 0 Å². The van der Waals surface area contributed by atoms with Gasteiger partial charge < -0.3 is 20.1 Å². The highest BCUT2D eigenvalue weighted by Crippen LogP contribution is 2.24. The van der Waals surface area contributed by atoms with E-state index in [9.17, 15) is 4.79 Å². The first kappa shape index (κ1) is 16.7. The van der Waals surface area contributed by atoms with Crippen LogP contribution in [0.2, 0.25) is 0 Å². The summed E-state index contributed by atoms with van der Waals surface area (Å²) in [5.74, 6) is 1.46. The summed E-state index contributed by atoms with van der Waals surface area (Å²) in [7, 11) is 3.22. The molecular formula is C18H22N2O3. The van der Waals surface area contributed by atoms with Crippen LogP contribution in [0, 0.1) is 6.92 Å². The number of amides is 2. The van der Waals surface area contributed by atoms with Gasteiger partial charge in [-0.05, 0) is 48.7 Å². The van der Waals surface area contributed by atoms with E-state index in [4.69, 9.17) is 9.47 Å². The van der Waals surface area contributed by atoms with Crippen LogP contribution in [0.3, 0.4) is 0 Å². The second kappa shape index (κ2) is 8.08. The summed E-state index contributed by atoms with van der Waals surface area (Å²) in [5, 5.41) is 5.65. The van der Waals surface area contributed by atoms with Gasteiger partial charge in [-0.25, -0.2) is 4.79 Å². The Hall–Kier alpha value is -2.69. The highest BCUT2D eigenvalue weighted by Gasteiger charge is 2.07. The summed E-state index contributed by atoms with van der Waals surface area (Å²) in [6, 6.07) is 13.2. The van der Waals surface area contributed by atoms with Crippen molar-refractivity contribution in [3.05, 3.63) is 53.6 Å². The van der Waals surface area contributed by atoms with Crippen molar-refractivity contribution in [3.8, 4) is 11.5 Å². The second-order valence-corrected chi connectivity index (χ2v) is 5.18. The van der Waals surface area contributed by atoms with E-state index in [-0.39, 0.29) is 6.03 Å². The maximum absolute atomic E-state index is 12.0. The molecular weight excluding hydrogens is 292 g/mol. The maximum Gasteiger partial charge on any atom is 0.319 e. The van der Waals surface area contributed by atoms with Gasteiger partial charge >= 0.3 is 6.03 Å². The molecule has 0 aromatic heterocycles. The van der Waals surface area contributed by atoms with Crippen LogP contribution in [-0.2, 0) is 6.42 Å². The maximum atomic E-state index is 12.0. The van der Waals surface area contributed by atoms with Crippen molar-refractivity contribution in [2.75, 3.05) is 26.1 Å². The van der Waals surface area contributed by atoms with Crippen molar-refractivity contribution >= 4 is 11.7 Å². The van der Waals surface area contributed by atoms with Gasteiger partial charge in [-0.15, -0.1) is 0 Å². The Kier molecular flexibility index (Phi) is 5.86. The van der Waals surface area contributed by atoms with Crippen LogP contribution in [0.1, 0.15) is 11.1 Å². The highest BCUT2D eigenvalue weighted by molar-refractivity contribution is 5.91. The van der Waals surface area contributed by atoms with Crippen LogP contribution >= 0.6 is 0 Å². The van der Waals surface area contributed by atoms with Crippen molar-refractivity contribution in [1.29, 1.82) is 0 Å². The number of aryl methyl sites for hydroxylation is 1. The van der Waals surface area contributed by atoms with Gasteiger partial charge in [0.1, 0.15) is 11.5 Å². The number of methoxy groups -OCH3 is 2. The molecule has 2 rings (SSSR count). The number of urea groups is 1. The minimum Gasteiger partial charge on any atom is -0.497 e. The zero-order valence-corrected chi connectivity index (χ0v) is 13.7. The number of carbonyl (C=O) groups excluding carboxylic acids is 1. The molecule has 0 spiro atoms. The Bertz CT molecular complexity index is 654. The quantitative estimate of drug-likeness (QED) is 0.859. The van der Waals surface area contributed by atoms with Gasteiger partial charge in [0.2, 0.25) is 0 Å². The Morgan fingerprint density at radius 1 is 1.04 bits per heavy atom. The number of hydrogen-bond donors (Lipinski definition) is 2. The molecule has 23 heavy (non-hydrogen) atoms. The lowest BCUT2D eigenvalue weighted by molar-refractivity contribution is 0.252. The molecule has 0 aliphatic heterocycles. The van der Waals surface area contributed by atoms with Crippen LogP contribution in [0.4, 0.5) is 10.5 Å². The lowest BCUT2D eigenvalue weighted by Gasteiger charge is -2.12. The van der Waals surface area contributed by atoms with Gasteiger partial charge in [-0.1, -0.05) is 18.2 Å². The van der Waals surface area contributed by atoms with Crippen LogP contribution in [0.15, 0.2) is 42.5 Å². The summed E-state index contributed by atoms with van der Waals surface area (Å²) < 4.78 is 10.4. The molecule has 0 unspecified atom stereocenters. The van der Waals surface area contributed by atoms with E-state index >= 15 is 0 Å². The average Bonchev–Trinajstić information content (AvgIpc) is 2.56. The molecule has 122 valence electrons. The highest BCUT2D eigenvalue weighted by atomic mass is 16.5. The third-order valence-corrected chi connectivity index (χ3v) is 3.46. The molecule has 0 aliphatic carbocycles. The number of nitrogens with one attached hydrogen (secondary N) is 2. The summed E-state index contributed by atoms with van der Waals surface area (Å²) in [6.07, 6.45) is 0.752. The van der Waals surface area contributed by atoms with Crippen LogP contribution in [-0.4, -0.2) is 26.8 Å². The smallest absolute Gasteiger partial charge is 0.319 e. The van der Waals surface area contributed by atoms with Crippen molar-refractivity contribution in [3.63, 3.8) is 0 Å². The Balaban J connectivity index is 1.84. The van der Waals surface area contributed by atoms with Gasteiger partial charge in [0.15, 0.2) is 0 Å². The average molecular weight is 314 g/mol. The van der Waals surface area contributed by atoms with Crippen LogP contribution < -0.4 is 20.1 Å². The first-order valence-corrected chi connectivity index (χ1v) is 7.45. The fourth-order valence-corrected chi connectivity index (χ4v) is 2.20. The number of benzene rings is 2. The summed E-state index contributed by atoms with van der Waals surface area (Å²) >= 11 is 0. The largest absolute Gasteiger partial charge is 0.497 e. The molecule has 5 nitrogen and oxygen atoms in total. The zero-order valence-electron chi connectivity index (χ0n) is 13.7. The van der Waals surface area contributed by atoms with E-state index in [2.05, 4.69) is 10.6 Å². The molecule has 0 heterocycles. The number of anilines is 1. The predicted octanol–water partition coefficient (Wildman–Crippen LogP) is 3.38. The topological polar surface area (TPSA) is 59.6 Å². The summed E-state index contributed by atoms with van der Waals surface area (Å²) in [5.41, 5.74) is 2.85. The van der Waals surface area contributed by atoms with Crippen LogP contribution in [0.25, 0.3) is 0 Å². The molecule has 0 aliphatic rings. The third kappa shape index (κ3) is 4.92. The zero-order chi connectivity index (χ0) is 16.7. The van der Waals surface area contributed by atoms with E-state index in [0.29, 0.717) is 18.0 Å². The van der Waals surface area contributed by atoms with E-state index < -0.39 is 0 Å². The van der Waals surface area contributed by atoms with Gasteiger partial charge in [-0.3, -0.25) is 0 Å². The van der Waals surface area contributed by atoms with Crippen molar-refractivity contribution in [2.45, 2.75) is 13.3 Å². The molecule has 0 radical (unpaired) electrons. The van der Waals surface area contributed by atoms with E-state index in [1.54, 1.807) is 14.2 Å². The van der Waals surface area contributed by atoms with E-state index in [1.165, 1.54) is 0 Å². The molecule has 2 aromatic carbocycles. The van der Waals surface area contributed by atoms with E-state index in [0.717, 1.165) is 23.3 Å². The molecule has 0 atom stereocenters. The Labute approximate surface area is 136 Å². The normalized spacial score (nSPS) is 10.0. The van der Waals surface area contributed by atoms with Crippen molar-refractivity contribution < 1.29 is 14.3 Å². The van der Waals surface area contributed by atoms with Gasteiger partial charge in [0.25, 0.3) is 0 Å². The molecule has 0 saturated carbocycles. The molecule has 2 N–H and O–H groups in total. The fourth-order valence-electron chi connectivity index (χ4n) is 2.20. The molecule has 0 fully saturated rings. The third-order valence-electron chi connectivity index (χ3n) is 3.46. The standard InChI is InChI=1S/C18H22N2O3/c1-13-4-9-17(23-3)16(12-13)20-18(21)19-11-10-14-5-7-15(22-2)8-6-14/h4-9,12H,10-11H2,1-3H3,(H2,19,20,21). The monoisotopic (exact) mass is 314 g/mol. The van der Waals surface area contributed by atoms with Crippen molar-refractivity contribution in [2.24, 2.45) is 0 Å². The van der Waals surface area contributed by atoms with Crippen LogP contribution in [0.5, 0.6) is 11.5 Å². The molecule has 0 saturated heterocycles. The first-order valence-electron chi connectivity index (χ1n) is 7.45. The number of carbonyl (C=O) groups is 1. The van der Waals surface area contributed by atoms with Gasteiger partial charge in [0, 0.05) is 6.54 Å². The lowest BCUT2D eigenvalue weighted by Crippen LogP contribution is -2.30. The van der Waals surface area contributed by atoms with E-state index in [1.807, 2.05) is 49.4 Å². The number of ether oxygens (including phenoxy) is 2. The minimum atomic E-state index is -0.248. The Morgan fingerprint density at radius 2 is 1.78 bits per heavy atom. The molecule has 0 bridgehead atoms. The second-order valence-electron chi connectivity index (χ2n) is 5.18. The summed E-state index contributed by atoms with van der Waals surface area (Å²) in [6.45, 7) is 2.51. The molecule has 2 amide bonds. The first-order chi connectivity index (χ1) is 11.1. The number of rotatable bonds is 6. The summed E-state index contributed by atoms with van der Waals surface area (Å²) in [4.78, 5) is 12.0. The predicted molar refractivity (Wildman–Crippen MR) is 91.5 cm³/mol. The van der Waals surface area contributed by atoms with Gasteiger partial charge in [0.05, 0.1) is 19.9 Å². The Morgan fingerprint density at radius 3 is 2.43 bits per heavy atom.